The van der Waals surface area contributed by atoms with Gasteiger partial charge in [-0.25, -0.2) is 8.42 Å². The molecule has 0 aliphatic carbocycles. The Morgan fingerprint density at radius 1 is 0.356 bits per heavy atom. The Morgan fingerprint density at radius 2 is 0.667 bits per heavy atom. The van der Waals surface area contributed by atoms with Gasteiger partial charge in [-0.3, -0.25) is 0 Å². The average Bonchev–Trinajstić information content (AvgIpc) is 1.10. The highest BCUT2D eigenvalue weighted by molar-refractivity contribution is 7.91. The molecule has 90 heavy (non-hydrogen) atoms. The second kappa shape index (κ2) is 31.1. The van der Waals surface area contributed by atoms with Crippen molar-refractivity contribution in [1.29, 1.82) is 0 Å². The van der Waals surface area contributed by atoms with Crippen LogP contribution in [0.5, 0.6) is 0 Å². The van der Waals surface area contributed by atoms with Crippen LogP contribution in [-0.4, -0.2) is 107 Å². The van der Waals surface area contributed by atoms with Crippen molar-refractivity contribution < 1.29 is 65.1 Å². The highest BCUT2D eigenvalue weighted by atomic mass is 32.2. The molecule has 3 aliphatic rings. The summed E-state index contributed by atoms with van der Waals surface area (Å²) in [5.74, 6) is -0.491. The summed E-state index contributed by atoms with van der Waals surface area (Å²) in [7, 11) is -4.83. The molecule has 8 aromatic rings. The molecule has 0 saturated carbocycles. The number of hydrogen-bond acceptors (Lipinski definition) is 14. The van der Waals surface area contributed by atoms with Gasteiger partial charge in [-0.1, -0.05) is 224 Å². The van der Waals surface area contributed by atoms with Crippen molar-refractivity contribution in [2.24, 2.45) is 0 Å². The van der Waals surface area contributed by atoms with E-state index in [-0.39, 0.29) is 57.8 Å². The van der Waals surface area contributed by atoms with Crippen molar-refractivity contribution in [2.75, 3.05) is 19.0 Å². The second-order valence-electron chi connectivity index (χ2n) is 24.1. The van der Waals surface area contributed by atoms with Gasteiger partial charge in [-0.05, 0) is 84.2 Å². The van der Waals surface area contributed by atoms with E-state index in [2.05, 4.69) is 0 Å². The molecule has 3 aliphatic heterocycles. The third kappa shape index (κ3) is 17.3. The maximum absolute atomic E-state index is 15.2. The lowest BCUT2D eigenvalue weighted by Crippen LogP contribution is -2.66. The molecule has 470 valence electrons. The average molecular weight is 1240 g/mol. The van der Waals surface area contributed by atoms with Gasteiger partial charge in [0.2, 0.25) is 0 Å². The summed E-state index contributed by atoms with van der Waals surface area (Å²) < 4.78 is 114. The first-order chi connectivity index (χ1) is 43.8. The minimum Gasteiger partial charge on any atom is -0.399 e. The number of hydrogen-bond donors (Lipinski definition) is 0. The van der Waals surface area contributed by atoms with Gasteiger partial charge in [0.05, 0.1) is 81.3 Å². The van der Waals surface area contributed by atoms with Crippen molar-refractivity contribution in [1.82, 2.24) is 0 Å². The molecule has 3 saturated heterocycles. The Balaban J connectivity index is 1.000. The fourth-order valence-corrected chi connectivity index (χ4v) is 12.8. The highest BCUT2D eigenvalue weighted by Crippen LogP contribution is 2.39. The van der Waals surface area contributed by atoms with Crippen LogP contribution in [0.15, 0.2) is 241 Å². The normalized spacial score (nSPS) is 24.0. The molecule has 10 atom stereocenters. The fourth-order valence-electron chi connectivity index (χ4n) is 11.4. The van der Waals surface area contributed by atoms with Crippen LogP contribution in [0, 0.1) is 0 Å². The maximum atomic E-state index is 15.2. The van der Waals surface area contributed by atoms with E-state index in [1.165, 1.54) is 0 Å². The molecule has 3 fully saturated rings. The standard InChI is InChI=1S/C74H81BO14S/c1-73(2)74(3,4)89-75(88-73)61-40-42-62(43-41-61)90(76,77)53-65-67(81-47-57-32-18-8-19-33-57)69(82-48-58-34-20-9-21-35-58)68(64(85-65)52-79-45-55-28-14-6-15-29-55)87-72-71(84-50-60-38-24-11-25-39-60)70(83-49-59-36-22-10-23-37-59)66(80-46-56-30-16-7-17-31-56)63(86-72)51-78-44-54-26-12-5-13-27-54/h5-43,63-72H,44-53H2,1-4H3/t63?,64?,65-,66+,67?,68+,69-,70+,71?,72-/m0/s1. The molecule has 8 aromatic carbocycles. The number of sulfone groups is 1. The van der Waals surface area contributed by atoms with Gasteiger partial charge < -0.3 is 56.7 Å². The van der Waals surface area contributed by atoms with E-state index < -0.39 is 95.1 Å². The van der Waals surface area contributed by atoms with E-state index >= 15 is 8.42 Å². The largest absolute Gasteiger partial charge is 0.494 e. The maximum Gasteiger partial charge on any atom is 0.494 e. The third-order valence-electron chi connectivity index (χ3n) is 17.0. The van der Waals surface area contributed by atoms with Gasteiger partial charge in [-0.2, -0.15) is 0 Å². The molecule has 4 unspecified atom stereocenters. The van der Waals surface area contributed by atoms with E-state index in [4.69, 9.17) is 56.7 Å². The van der Waals surface area contributed by atoms with Crippen LogP contribution >= 0.6 is 0 Å². The van der Waals surface area contributed by atoms with E-state index in [0.29, 0.717) is 12.1 Å². The van der Waals surface area contributed by atoms with Crippen LogP contribution in [0.2, 0.25) is 0 Å². The summed E-state index contributed by atoms with van der Waals surface area (Å²) in [4.78, 5) is 0.0882. The van der Waals surface area contributed by atoms with Crippen LogP contribution < -0.4 is 5.46 Å². The zero-order valence-corrected chi connectivity index (χ0v) is 52.4. The molecular weight excluding hydrogens is 1160 g/mol. The van der Waals surface area contributed by atoms with Crippen LogP contribution in [0.1, 0.15) is 66.6 Å². The Kier molecular flexibility index (Phi) is 22.4. The summed E-state index contributed by atoms with van der Waals surface area (Å²) in [5.41, 5.74) is 5.95. The first-order valence-corrected chi connectivity index (χ1v) is 32.6. The van der Waals surface area contributed by atoms with Crippen LogP contribution in [0.25, 0.3) is 0 Å². The van der Waals surface area contributed by atoms with Gasteiger partial charge in [0.15, 0.2) is 16.1 Å². The van der Waals surface area contributed by atoms with Crippen molar-refractivity contribution in [3.05, 3.63) is 276 Å². The Hall–Kier alpha value is -6.71. The first kappa shape index (κ1) is 64.8. The predicted octanol–water partition coefficient (Wildman–Crippen LogP) is 12.0. The molecule has 0 radical (unpaired) electrons. The fraction of sp³-hybridized carbons (Fsp3) is 0.351. The van der Waals surface area contributed by atoms with Crippen LogP contribution in [-0.2, 0) is 113 Å². The zero-order valence-electron chi connectivity index (χ0n) is 51.6. The highest BCUT2D eigenvalue weighted by Gasteiger charge is 2.56. The van der Waals surface area contributed by atoms with Crippen molar-refractivity contribution in [2.45, 2.75) is 151 Å². The molecule has 11 rings (SSSR count). The smallest absolute Gasteiger partial charge is 0.399 e. The summed E-state index contributed by atoms with van der Waals surface area (Å²) in [6, 6.07) is 75.8. The zero-order chi connectivity index (χ0) is 62.2. The van der Waals surface area contributed by atoms with Crippen LogP contribution in [0.3, 0.4) is 0 Å². The number of benzene rings is 8. The summed E-state index contributed by atoms with van der Waals surface area (Å²) in [6.45, 7) is 9.22. The number of rotatable bonds is 29. The van der Waals surface area contributed by atoms with Gasteiger partial charge in [0.1, 0.15) is 54.9 Å². The summed E-state index contributed by atoms with van der Waals surface area (Å²) in [6.07, 6.45) is -9.98. The second-order valence-corrected chi connectivity index (χ2v) is 26.1. The minimum atomic E-state index is -4.14. The summed E-state index contributed by atoms with van der Waals surface area (Å²) in [5, 5.41) is 0. The van der Waals surface area contributed by atoms with Crippen molar-refractivity contribution in [3.63, 3.8) is 0 Å². The Morgan fingerprint density at radius 3 is 1.04 bits per heavy atom. The lowest BCUT2D eigenvalue weighted by molar-refractivity contribution is -0.362. The third-order valence-corrected chi connectivity index (χ3v) is 18.7. The molecule has 3 heterocycles. The molecule has 0 amide bonds. The van der Waals surface area contributed by atoms with Gasteiger partial charge in [0.25, 0.3) is 0 Å². The van der Waals surface area contributed by atoms with E-state index in [0.717, 1.165) is 38.9 Å². The predicted molar refractivity (Wildman–Crippen MR) is 344 cm³/mol. The molecule has 0 spiro atoms. The Labute approximate surface area is 530 Å². The molecule has 14 nitrogen and oxygen atoms in total. The molecule has 0 aromatic heterocycles. The SMILES string of the molecule is CC1(C)OB(c2ccc(S(=O)(=O)C[C@@H]3OC(COCc4ccccc4)[C@@H](O[C@@H]4OC(COCc5ccccc5)[C@@H](OCc5ccccc5)[C@@H](OCc5ccccc5)C4OCc4ccccc4)[C@@H](OCc4ccccc4)C3OCc3ccccc3)cc2)OC1(C)C. The van der Waals surface area contributed by atoms with Gasteiger partial charge >= 0.3 is 7.12 Å². The quantitative estimate of drug-likeness (QED) is 0.0410. The lowest BCUT2D eigenvalue weighted by atomic mass is 9.79. The number of ether oxygens (including phenoxy) is 10. The van der Waals surface area contributed by atoms with Crippen molar-refractivity contribution in [3.8, 4) is 0 Å². The van der Waals surface area contributed by atoms with E-state index in [9.17, 15) is 0 Å². The lowest BCUT2D eigenvalue weighted by Gasteiger charge is -2.50. The minimum absolute atomic E-state index is 0.0574. The summed E-state index contributed by atoms with van der Waals surface area (Å²) >= 11 is 0. The van der Waals surface area contributed by atoms with E-state index in [1.807, 2.05) is 240 Å². The van der Waals surface area contributed by atoms with Gasteiger partial charge in [-0.15, -0.1) is 0 Å². The molecule has 0 bridgehead atoms. The Bertz CT molecular complexity index is 3490. The molecule has 16 heteroatoms. The monoisotopic (exact) mass is 1240 g/mol. The first-order valence-electron chi connectivity index (χ1n) is 31.0. The molecular formula is C74H81BO14S. The van der Waals surface area contributed by atoms with Crippen LogP contribution in [0.4, 0.5) is 0 Å². The van der Waals surface area contributed by atoms with E-state index in [1.54, 1.807) is 24.3 Å². The van der Waals surface area contributed by atoms with Gasteiger partial charge in [0, 0.05) is 0 Å². The van der Waals surface area contributed by atoms with Crippen molar-refractivity contribution >= 4 is 22.4 Å². The molecule has 0 N–H and O–H groups in total. The topological polar surface area (TPSA) is 145 Å².